The molecule has 1 fully saturated rings. The molecule has 3 N–H and O–H groups in total. The lowest BCUT2D eigenvalue weighted by Crippen LogP contribution is -2.34. The lowest BCUT2D eigenvalue weighted by Gasteiger charge is -2.23. The third kappa shape index (κ3) is 3.38. The number of pyridine rings is 3. The molecule has 1 saturated heterocycles. The Kier molecular flexibility index (Phi) is 4.31. The molecule has 9 nitrogen and oxygen atoms in total. The molecule has 0 saturated carbocycles. The van der Waals surface area contributed by atoms with E-state index in [-0.39, 0.29) is 6.10 Å². The Morgan fingerprint density at radius 2 is 1.97 bits per heavy atom. The molecule has 31 heavy (non-hydrogen) atoms. The van der Waals surface area contributed by atoms with Crippen LogP contribution >= 0.6 is 0 Å². The molecule has 154 valence electrons. The smallest absolute Gasteiger partial charge is 0.162 e. The van der Waals surface area contributed by atoms with E-state index in [1.807, 2.05) is 30.3 Å². The zero-order chi connectivity index (χ0) is 20.6. The number of piperidine rings is 1. The average Bonchev–Trinajstić information content (AvgIpc) is 3.43. The first kappa shape index (κ1) is 18.0. The highest BCUT2D eigenvalue weighted by Crippen LogP contribution is 2.28. The van der Waals surface area contributed by atoms with Gasteiger partial charge in [-0.15, -0.1) is 0 Å². The van der Waals surface area contributed by atoms with E-state index in [0.29, 0.717) is 11.5 Å². The van der Waals surface area contributed by atoms with Gasteiger partial charge in [0, 0.05) is 18.0 Å². The molecule has 1 aliphatic heterocycles. The molecule has 0 spiro atoms. The topological polar surface area (TPSA) is 117 Å². The van der Waals surface area contributed by atoms with Crippen molar-refractivity contribution in [2.45, 2.75) is 18.9 Å². The minimum atomic E-state index is 0.218. The van der Waals surface area contributed by atoms with Gasteiger partial charge in [-0.2, -0.15) is 5.10 Å². The lowest BCUT2D eigenvalue weighted by molar-refractivity contribution is 0.162. The monoisotopic (exact) mass is 412 g/mol. The second-order valence-corrected chi connectivity index (χ2v) is 7.60. The van der Waals surface area contributed by atoms with Gasteiger partial charge >= 0.3 is 0 Å². The number of aromatic amines is 2. The molecule has 6 rings (SSSR count). The zero-order valence-electron chi connectivity index (χ0n) is 16.7. The van der Waals surface area contributed by atoms with Crippen molar-refractivity contribution in [2.24, 2.45) is 0 Å². The maximum absolute atomic E-state index is 6.15. The van der Waals surface area contributed by atoms with E-state index in [2.05, 4.69) is 35.5 Å². The second-order valence-electron chi connectivity index (χ2n) is 7.60. The summed E-state index contributed by atoms with van der Waals surface area (Å²) in [6, 6.07) is 9.69. The van der Waals surface area contributed by atoms with Crippen LogP contribution in [0.5, 0.6) is 5.75 Å². The van der Waals surface area contributed by atoms with Gasteiger partial charge < -0.3 is 15.0 Å². The lowest BCUT2D eigenvalue weighted by atomic mass is 10.1. The fourth-order valence-corrected chi connectivity index (χ4v) is 3.91. The van der Waals surface area contributed by atoms with Crippen molar-refractivity contribution < 1.29 is 4.74 Å². The molecule has 0 unspecified atom stereocenters. The fraction of sp³-hybridized carbons (Fsp3) is 0.227. The summed E-state index contributed by atoms with van der Waals surface area (Å²) in [5.74, 6) is 1.40. The number of H-pyrrole nitrogens is 2. The third-order valence-electron chi connectivity index (χ3n) is 5.49. The molecule has 0 radical (unpaired) electrons. The standard InChI is InChI=1S/C22H20N8O/c1-2-18-21(25-7-1)28-22(27-18)20-19-17(29-30-20)4-3-16(26-19)13-10-15(12-24-11-13)31-14-5-8-23-9-6-14/h1-4,7,10-12,14,23H,5-6,8-9H2,(H,29,30)(H,25,27,28). The molecule has 0 aliphatic carbocycles. The van der Waals surface area contributed by atoms with E-state index in [0.717, 1.165) is 65.1 Å². The fourth-order valence-electron chi connectivity index (χ4n) is 3.91. The zero-order valence-corrected chi connectivity index (χ0v) is 16.7. The molecule has 0 atom stereocenters. The summed E-state index contributed by atoms with van der Waals surface area (Å²) in [4.78, 5) is 21.4. The van der Waals surface area contributed by atoms with Gasteiger partial charge in [-0.25, -0.2) is 15.0 Å². The van der Waals surface area contributed by atoms with Crippen LogP contribution in [0.3, 0.4) is 0 Å². The van der Waals surface area contributed by atoms with Crippen LogP contribution in [-0.2, 0) is 0 Å². The summed E-state index contributed by atoms with van der Waals surface area (Å²) < 4.78 is 6.15. The summed E-state index contributed by atoms with van der Waals surface area (Å²) in [6.07, 6.45) is 7.51. The van der Waals surface area contributed by atoms with Crippen LogP contribution in [0.2, 0.25) is 0 Å². The van der Waals surface area contributed by atoms with Crippen LogP contribution in [-0.4, -0.2) is 54.3 Å². The Balaban J connectivity index is 1.36. The van der Waals surface area contributed by atoms with Crippen molar-refractivity contribution >= 4 is 22.2 Å². The Bertz CT molecular complexity index is 1340. The van der Waals surface area contributed by atoms with Crippen LogP contribution < -0.4 is 10.1 Å². The van der Waals surface area contributed by atoms with E-state index in [1.165, 1.54) is 0 Å². The number of aromatic nitrogens is 7. The van der Waals surface area contributed by atoms with Crippen molar-refractivity contribution in [1.29, 1.82) is 0 Å². The van der Waals surface area contributed by atoms with Gasteiger partial charge in [0.15, 0.2) is 17.2 Å². The number of nitrogens with one attached hydrogen (secondary N) is 3. The molecule has 5 aromatic rings. The van der Waals surface area contributed by atoms with E-state index in [4.69, 9.17) is 9.72 Å². The predicted molar refractivity (Wildman–Crippen MR) is 117 cm³/mol. The molecular weight excluding hydrogens is 392 g/mol. The van der Waals surface area contributed by atoms with Gasteiger partial charge in [-0.3, -0.25) is 10.1 Å². The Morgan fingerprint density at radius 3 is 2.87 bits per heavy atom. The number of hydrogen-bond donors (Lipinski definition) is 3. The quantitative estimate of drug-likeness (QED) is 0.415. The molecule has 5 aromatic heterocycles. The van der Waals surface area contributed by atoms with E-state index in [1.54, 1.807) is 18.6 Å². The highest BCUT2D eigenvalue weighted by atomic mass is 16.5. The third-order valence-corrected chi connectivity index (χ3v) is 5.49. The summed E-state index contributed by atoms with van der Waals surface area (Å²) in [7, 11) is 0. The summed E-state index contributed by atoms with van der Waals surface area (Å²) in [5.41, 5.74) is 5.43. The van der Waals surface area contributed by atoms with Crippen molar-refractivity contribution in [3.63, 3.8) is 0 Å². The van der Waals surface area contributed by atoms with Crippen LogP contribution in [0.1, 0.15) is 12.8 Å². The van der Waals surface area contributed by atoms with Crippen molar-refractivity contribution in [3.8, 4) is 28.5 Å². The molecule has 1 aliphatic rings. The molecule has 0 aromatic carbocycles. The maximum atomic E-state index is 6.15. The van der Waals surface area contributed by atoms with E-state index >= 15 is 0 Å². The number of nitrogens with zero attached hydrogens (tertiary/aromatic N) is 5. The van der Waals surface area contributed by atoms with Gasteiger partial charge in [-0.1, -0.05) is 0 Å². The first-order valence-corrected chi connectivity index (χ1v) is 10.3. The highest BCUT2D eigenvalue weighted by molar-refractivity contribution is 5.90. The van der Waals surface area contributed by atoms with Crippen LogP contribution in [0.15, 0.2) is 48.9 Å². The predicted octanol–water partition coefficient (Wildman–Crippen LogP) is 3.09. The van der Waals surface area contributed by atoms with Gasteiger partial charge in [0.1, 0.15) is 22.9 Å². The molecule has 9 heteroatoms. The van der Waals surface area contributed by atoms with E-state index < -0.39 is 0 Å². The maximum Gasteiger partial charge on any atom is 0.162 e. The van der Waals surface area contributed by atoms with Crippen molar-refractivity contribution in [1.82, 2.24) is 40.4 Å². The second kappa shape index (κ2) is 7.44. The first-order chi connectivity index (χ1) is 15.3. The largest absolute Gasteiger partial charge is 0.489 e. The molecule has 0 bridgehead atoms. The van der Waals surface area contributed by atoms with Crippen molar-refractivity contribution in [2.75, 3.05) is 13.1 Å². The number of imidazole rings is 1. The molecule has 0 amide bonds. The summed E-state index contributed by atoms with van der Waals surface area (Å²) >= 11 is 0. The summed E-state index contributed by atoms with van der Waals surface area (Å²) in [6.45, 7) is 1.97. The summed E-state index contributed by atoms with van der Waals surface area (Å²) in [5, 5.41) is 10.8. The Hall–Kier alpha value is -3.85. The number of hydrogen-bond acceptors (Lipinski definition) is 7. The van der Waals surface area contributed by atoms with Crippen LogP contribution in [0.25, 0.3) is 45.0 Å². The van der Waals surface area contributed by atoms with Crippen LogP contribution in [0.4, 0.5) is 0 Å². The minimum absolute atomic E-state index is 0.218. The minimum Gasteiger partial charge on any atom is -0.489 e. The Labute approximate surface area is 177 Å². The normalized spacial score (nSPS) is 15.0. The first-order valence-electron chi connectivity index (χ1n) is 10.3. The average molecular weight is 412 g/mol. The van der Waals surface area contributed by atoms with E-state index in [9.17, 15) is 0 Å². The van der Waals surface area contributed by atoms with Gasteiger partial charge in [0.2, 0.25) is 0 Å². The van der Waals surface area contributed by atoms with Crippen molar-refractivity contribution in [3.05, 3.63) is 48.9 Å². The number of rotatable bonds is 4. The number of ether oxygens (including phenoxy) is 1. The molecular formula is C22H20N8O. The molecule has 6 heterocycles. The SMILES string of the molecule is c1cnc2[nH]c(-c3n[nH]c4ccc(-c5cncc(OC6CCNCC6)c5)nc34)nc2c1. The van der Waals surface area contributed by atoms with Gasteiger partial charge in [-0.05, 0) is 56.3 Å². The number of fused-ring (bicyclic) bond motifs is 2. The van der Waals surface area contributed by atoms with Gasteiger partial charge in [0.05, 0.1) is 17.4 Å². The Morgan fingerprint density at radius 1 is 1.03 bits per heavy atom. The van der Waals surface area contributed by atoms with Crippen LogP contribution in [0, 0.1) is 0 Å². The highest BCUT2D eigenvalue weighted by Gasteiger charge is 2.17. The van der Waals surface area contributed by atoms with Gasteiger partial charge in [0.25, 0.3) is 0 Å².